The normalized spacial score (nSPS) is 17.4. The first-order valence-electron chi connectivity index (χ1n) is 9.22. The smallest absolute Gasteiger partial charge is 0.262 e. The van der Waals surface area contributed by atoms with Crippen LogP contribution in [0, 0.1) is 0 Å². The van der Waals surface area contributed by atoms with E-state index in [2.05, 4.69) is 16.8 Å². The van der Waals surface area contributed by atoms with E-state index in [9.17, 15) is 9.90 Å². The SMILES string of the molecule is CN1CCN(C(CO)c2nc3sccc3c(=O)n2Cc2ccccc2)CC1. The van der Waals surface area contributed by atoms with Crippen molar-refractivity contribution in [3.63, 3.8) is 0 Å². The third-order valence-electron chi connectivity index (χ3n) is 5.25. The number of thiophene rings is 1. The zero-order chi connectivity index (χ0) is 18.8. The number of aliphatic hydroxyl groups is 1. The molecule has 27 heavy (non-hydrogen) atoms. The van der Waals surface area contributed by atoms with E-state index in [0.717, 1.165) is 36.6 Å². The molecular formula is C20H24N4O2S. The van der Waals surface area contributed by atoms with Gasteiger partial charge in [-0.2, -0.15) is 0 Å². The Morgan fingerprint density at radius 3 is 2.59 bits per heavy atom. The quantitative estimate of drug-likeness (QED) is 0.727. The Labute approximate surface area is 162 Å². The second-order valence-electron chi connectivity index (χ2n) is 7.02. The second-order valence-corrected chi connectivity index (χ2v) is 7.92. The van der Waals surface area contributed by atoms with Gasteiger partial charge < -0.3 is 10.0 Å². The average molecular weight is 385 g/mol. The number of piperazine rings is 1. The molecule has 1 fully saturated rings. The highest BCUT2D eigenvalue weighted by atomic mass is 32.1. The van der Waals surface area contributed by atoms with Crippen molar-refractivity contribution >= 4 is 21.6 Å². The molecular weight excluding hydrogens is 360 g/mol. The predicted molar refractivity (Wildman–Crippen MR) is 108 cm³/mol. The number of rotatable bonds is 5. The van der Waals surface area contributed by atoms with Crippen molar-refractivity contribution in [2.24, 2.45) is 0 Å². The minimum absolute atomic E-state index is 0.0346. The molecule has 1 unspecified atom stereocenters. The van der Waals surface area contributed by atoms with Crippen LogP contribution in [0.4, 0.5) is 0 Å². The molecule has 0 bridgehead atoms. The Morgan fingerprint density at radius 1 is 1.15 bits per heavy atom. The van der Waals surface area contributed by atoms with Gasteiger partial charge in [0.15, 0.2) is 0 Å². The number of aromatic nitrogens is 2. The highest BCUT2D eigenvalue weighted by Crippen LogP contribution is 2.24. The van der Waals surface area contributed by atoms with Gasteiger partial charge in [0.1, 0.15) is 10.7 Å². The molecule has 0 saturated carbocycles. The minimum atomic E-state index is -0.276. The molecule has 4 rings (SSSR count). The van der Waals surface area contributed by atoms with Crippen LogP contribution in [0.3, 0.4) is 0 Å². The molecule has 142 valence electrons. The fourth-order valence-corrected chi connectivity index (χ4v) is 4.39. The summed E-state index contributed by atoms with van der Waals surface area (Å²) in [5.74, 6) is 0.658. The van der Waals surface area contributed by atoms with E-state index in [1.165, 1.54) is 11.3 Å². The molecule has 0 aliphatic carbocycles. The van der Waals surface area contributed by atoms with Crippen LogP contribution >= 0.6 is 11.3 Å². The van der Waals surface area contributed by atoms with Crippen molar-refractivity contribution < 1.29 is 5.11 Å². The number of likely N-dealkylation sites (N-methyl/N-ethyl adjacent to an activating group) is 1. The van der Waals surface area contributed by atoms with E-state index in [-0.39, 0.29) is 18.2 Å². The summed E-state index contributed by atoms with van der Waals surface area (Å²) in [6.45, 7) is 4.00. The molecule has 3 heterocycles. The molecule has 1 N–H and O–H groups in total. The van der Waals surface area contributed by atoms with Crippen LogP contribution in [-0.4, -0.2) is 64.3 Å². The fraction of sp³-hybridized carbons (Fsp3) is 0.400. The fourth-order valence-electron chi connectivity index (χ4n) is 3.63. The second kappa shape index (κ2) is 7.90. The van der Waals surface area contributed by atoms with E-state index in [1.54, 1.807) is 4.57 Å². The maximum absolute atomic E-state index is 13.2. The topological polar surface area (TPSA) is 61.6 Å². The number of aliphatic hydroxyl groups excluding tert-OH is 1. The summed E-state index contributed by atoms with van der Waals surface area (Å²) in [6, 6.07) is 11.5. The summed E-state index contributed by atoms with van der Waals surface area (Å²) < 4.78 is 1.74. The summed E-state index contributed by atoms with van der Waals surface area (Å²) in [7, 11) is 2.10. The molecule has 0 amide bonds. The Morgan fingerprint density at radius 2 is 1.89 bits per heavy atom. The Balaban J connectivity index is 1.79. The van der Waals surface area contributed by atoms with Crippen LogP contribution in [0.25, 0.3) is 10.2 Å². The predicted octanol–water partition coefficient (Wildman–Crippen LogP) is 1.79. The lowest BCUT2D eigenvalue weighted by Gasteiger charge is -2.37. The largest absolute Gasteiger partial charge is 0.394 e. The van der Waals surface area contributed by atoms with Gasteiger partial charge in [-0.15, -0.1) is 11.3 Å². The monoisotopic (exact) mass is 384 g/mol. The number of nitrogens with zero attached hydrogens (tertiary/aromatic N) is 4. The lowest BCUT2D eigenvalue weighted by molar-refractivity contribution is 0.0683. The zero-order valence-corrected chi connectivity index (χ0v) is 16.2. The molecule has 1 saturated heterocycles. The van der Waals surface area contributed by atoms with Gasteiger partial charge in [0.25, 0.3) is 5.56 Å². The van der Waals surface area contributed by atoms with E-state index < -0.39 is 0 Å². The number of hydrogen-bond acceptors (Lipinski definition) is 6. The molecule has 0 spiro atoms. The van der Waals surface area contributed by atoms with Gasteiger partial charge in [0.2, 0.25) is 0 Å². The van der Waals surface area contributed by atoms with Crippen LogP contribution < -0.4 is 5.56 Å². The molecule has 3 aromatic rings. The maximum Gasteiger partial charge on any atom is 0.262 e. The van der Waals surface area contributed by atoms with Crippen LogP contribution in [0.2, 0.25) is 0 Å². The summed E-state index contributed by atoms with van der Waals surface area (Å²) in [4.78, 5) is 23.3. The van der Waals surface area contributed by atoms with Crippen molar-refractivity contribution in [3.8, 4) is 0 Å². The Kier molecular flexibility index (Phi) is 5.36. The molecule has 1 aliphatic heterocycles. The van der Waals surface area contributed by atoms with Gasteiger partial charge in [0, 0.05) is 26.2 Å². The van der Waals surface area contributed by atoms with Crippen LogP contribution in [0.5, 0.6) is 0 Å². The maximum atomic E-state index is 13.2. The minimum Gasteiger partial charge on any atom is -0.394 e. The van der Waals surface area contributed by atoms with Gasteiger partial charge >= 0.3 is 0 Å². The molecule has 1 atom stereocenters. The number of fused-ring (bicyclic) bond motifs is 1. The van der Waals surface area contributed by atoms with E-state index in [4.69, 9.17) is 4.98 Å². The van der Waals surface area contributed by atoms with E-state index in [0.29, 0.717) is 17.8 Å². The third kappa shape index (κ3) is 3.68. The molecule has 6 nitrogen and oxygen atoms in total. The molecule has 1 aromatic carbocycles. The van der Waals surface area contributed by atoms with E-state index in [1.807, 2.05) is 41.8 Å². The zero-order valence-electron chi connectivity index (χ0n) is 15.4. The first-order valence-corrected chi connectivity index (χ1v) is 10.1. The first-order chi connectivity index (χ1) is 13.2. The summed E-state index contributed by atoms with van der Waals surface area (Å²) in [5, 5.41) is 12.7. The first kappa shape index (κ1) is 18.3. The summed E-state index contributed by atoms with van der Waals surface area (Å²) in [6.07, 6.45) is 0. The van der Waals surface area contributed by atoms with Crippen molar-refractivity contribution in [2.75, 3.05) is 39.8 Å². The highest BCUT2D eigenvalue weighted by Gasteiger charge is 2.28. The van der Waals surface area contributed by atoms with Crippen LogP contribution in [-0.2, 0) is 6.54 Å². The number of benzene rings is 1. The Bertz CT molecular complexity index is 961. The lowest BCUT2D eigenvalue weighted by atomic mass is 10.1. The van der Waals surface area contributed by atoms with Gasteiger partial charge in [-0.05, 0) is 24.1 Å². The van der Waals surface area contributed by atoms with Gasteiger partial charge in [-0.1, -0.05) is 30.3 Å². The molecule has 0 radical (unpaired) electrons. The third-order valence-corrected chi connectivity index (χ3v) is 6.05. The standard InChI is InChI=1S/C20H24N4O2S/c1-22-8-10-23(11-9-22)17(14-25)18-21-19-16(7-12-27-19)20(26)24(18)13-15-5-3-2-4-6-15/h2-7,12,17,25H,8-11,13-14H2,1H3. The van der Waals surface area contributed by atoms with Crippen molar-refractivity contribution in [1.82, 2.24) is 19.4 Å². The Hall–Kier alpha value is -2.06. The lowest BCUT2D eigenvalue weighted by Crippen LogP contribution is -2.48. The molecule has 1 aliphatic rings. The van der Waals surface area contributed by atoms with Crippen molar-refractivity contribution in [2.45, 2.75) is 12.6 Å². The summed E-state index contributed by atoms with van der Waals surface area (Å²) >= 11 is 1.47. The number of hydrogen-bond donors (Lipinski definition) is 1. The highest BCUT2D eigenvalue weighted by molar-refractivity contribution is 7.16. The van der Waals surface area contributed by atoms with Gasteiger partial charge in [-0.25, -0.2) is 4.98 Å². The van der Waals surface area contributed by atoms with Crippen molar-refractivity contribution in [1.29, 1.82) is 0 Å². The van der Waals surface area contributed by atoms with Gasteiger partial charge in [-0.3, -0.25) is 14.3 Å². The molecule has 2 aromatic heterocycles. The van der Waals surface area contributed by atoms with Crippen LogP contribution in [0.1, 0.15) is 17.4 Å². The molecule has 7 heteroatoms. The van der Waals surface area contributed by atoms with E-state index >= 15 is 0 Å². The average Bonchev–Trinajstić information content (AvgIpc) is 3.16. The van der Waals surface area contributed by atoms with Crippen molar-refractivity contribution in [3.05, 3.63) is 63.5 Å². The van der Waals surface area contributed by atoms with Gasteiger partial charge in [0.05, 0.1) is 24.6 Å². The summed E-state index contributed by atoms with van der Waals surface area (Å²) in [5.41, 5.74) is 1.01. The van der Waals surface area contributed by atoms with Crippen LogP contribution in [0.15, 0.2) is 46.6 Å².